The minimum atomic E-state index is -4.64. The van der Waals surface area contributed by atoms with Gasteiger partial charge in [0.2, 0.25) is 5.90 Å². The monoisotopic (exact) mass is 541 g/mol. The summed E-state index contributed by atoms with van der Waals surface area (Å²) in [4.78, 5) is 22.9. The molecule has 1 atom stereocenters. The van der Waals surface area contributed by atoms with Crippen LogP contribution in [0.1, 0.15) is 11.3 Å². The first-order valence-corrected chi connectivity index (χ1v) is 11.8. The molecule has 1 amide bonds. The van der Waals surface area contributed by atoms with Crippen molar-refractivity contribution in [1.82, 2.24) is 4.98 Å². The number of pyridine rings is 1. The first-order valence-electron chi connectivity index (χ1n) is 11.8. The fourth-order valence-corrected chi connectivity index (χ4v) is 3.89. The Balaban J connectivity index is 1.58. The Morgan fingerprint density at radius 2 is 1.95 bits per heavy atom. The van der Waals surface area contributed by atoms with Gasteiger partial charge in [-0.05, 0) is 30.3 Å². The van der Waals surface area contributed by atoms with Gasteiger partial charge in [-0.1, -0.05) is 30.3 Å². The number of aromatic nitrogens is 1. The number of hydrogen-bond donors (Lipinski definition) is 4. The summed E-state index contributed by atoms with van der Waals surface area (Å²) in [7, 11) is 1.44. The average molecular weight is 542 g/mol. The molecule has 1 unspecified atom stereocenters. The first kappa shape index (κ1) is 27.4. The summed E-state index contributed by atoms with van der Waals surface area (Å²) >= 11 is 0. The Kier molecular flexibility index (Phi) is 8.30. The van der Waals surface area contributed by atoms with Crippen molar-refractivity contribution in [2.45, 2.75) is 12.2 Å². The molecule has 2 aromatic carbocycles. The van der Waals surface area contributed by atoms with Crippen LogP contribution in [0.15, 0.2) is 71.9 Å². The van der Waals surface area contributed by atoms with Crippen LogP contribution in [-0.4, -0.2) is 55.7 Å². The van der Waals surface area contributed by atoms with Crippen molar-refractivity contribution < 1.29 is 27.4 Å². The van der Waals surface area contributed by atoms with Gasteiger partial charge in [-0.2, -0.15) is 13.2 Å². The maximum atomic E-state index is 13.2. The van der Waals surface area contributed by atoms with Gasteiger partial charge in [-0.3, -0.25) is 10.2 Å². The molecule has 0 spiro atoms. The third-order valence-electron chi connectivity index (χ3n) is 5.72. The highest BCUT2D eigenvalue weighted by atomic mass is 19.4. The highest BCUT2D eigenvalue weighted by molar-refractivity contribution is 6.04. The molecule has 2 heterocycles. The molecule has 4 rings (SSSR count). The number of amidine groups is 1. The second-order valence-electron chi connectivity index (χ2n) is 8.40. The van der Waals surface area contributed by atoms with Crippen molar-refractivity contribution in [2.75, 3.05) is 42.3 Å². The number of anilines is 4. The molecule has 0 radical (unpaired) electrons. The summed E-state index contributed by atoms with van der Waals surface area (Å²) in [6, 6.07) is 15.9. The number of para-hydroxylation sites is 3. The summed E-state index contributed by atoms with van der Waals surface area (Å²) in [5.74, 6) is -1.10. The lowest BCUT2D eigenvalue weighted by Gasteiger charge is -2.25. The molecule has 3 aromatic rings. The predicted octanol–water partition coefficient (Wildman–Crippen LogP) is 3.97. The maximum absolute atomic E-state index is 13.2. The van der Waals surface area contributed by atoms with Crippen LogP contribution in [0.3, 0.4) is 0 Å². The number of rotatable bonds is 7. The Bertz CT molecular complexity index is 1370. The highest BCUT2D eigenvalue weighted by Gasteiger charge is 2.33. The fraction of sp³-hybridized carbons (Fsp3) is 0.231. The lowest BCUT2D eigenvalue weighted by Crippen LogP contribution is -2.36. The molecule has 1 aliphatic rings. The van der Waals surface area contributed by atoms with E-state index in [9.17, 15) is 18.0 Å². The van der Waals surface area contributed by atoms with E-state index in [1.54, 1.807) is 12.1 Å². The Morgan fingerprint density at radius 1 is 1.23 bits per heavy atom. The van der Waals surface area contributed by atoms with E-state index in [0.717, 1.165) is 17.4 Å². The number of nitrogens with one attached hydrogen (secondary N) is 3. The van der Waals surface area contributed by atoms with Crippen LogP contribution < -0.4 is 21.3 Å². The molecule has 5 N–H and O–H groups in total. The van der Waals surface area contributed by atoms with E-state index < -0.39 is 35.6 Å². The minimum Gasteiger partial charge on any atom is -0.405 e. The van der Waals surface area contributed by atoms with Gasteiger partial charge in [-0.25, -0.2) is 9.98 Å². The number of nitrogens with two attached hydrogens (primary N) is 1. The number of aliphatic imine (C=N–C) groups is 1. The van der Waals surface area contributed by atoms with Gasteiger partial charge in [0, 0.05) is 25.5 Å². The first-order chi connectivity index (χ1) is 18.7. The van der Waals surface area contributed by atoms with E-state index in [4.69, 9.17) is 20.6 Å². The third-order valence-corrected chi connectivity index (χ3v) is 5.72. The number of ether oxygens (including phenoxy) is 2. The van der Waals surface area contributed by atoms with Crippen LogP contribution in [0.25, 0.3) is 0 Å². The van der Waals surface area contributed by atoms with Crippen molar-refractivity contribution in [1.29, 1.82) is 5.41 Å². The number of nitrogens with zero attached hydrogens (tertiary/aromatic N) is 3. The van der Waals surface area contributed by atoms with Crippen molar-refractivity contribution in [3.05, 3.63) is 78.1 Å². The molecule has 1 aliphatic heterocycles. The zero-order chi connectivity index (χ0) is 28.0. The predicted molar refractivity (Wildman–Crippen MR) is 141 cm³/mol. The number of benzene rings is 2. The van der Waals surface area contributed by atoms with Gasteiger partial charge in [0.15, 0.2) is 6.04 Å². The zero-order valence-electron chi connectivity index (χ0n) is 20.8. The summed E-state index contributed by atoms with van der Waals surface area (Å²) in [5.41, 5.74) is 6.78. The van der Waals surface area contributed by atoms with E-state index in [1.165, 1.54) is 7.11 Å². The molecule has 0 aliphatic carbocycles. The van der Waals surface area contributed by atoms with Crippen LogP contribution in [0.4, 0.5) is 35.9 Å². The number of halogens is 3. The molecule has 1 aromatic heterocycles. The normalized spacial score (nSPS) is 15.7. The van der Waals surface area contributed by atoms with E-state index in [-0.39, 0.29) is 31.1 Å². The molecular formula is C26H26F3N7O3. The topological polar surface area (TPSA) is 138 Å². The number of alkyl halides is 3. The Labute approximate surface area is 222 Å². The van der Waals surface area contributed by atoms with E-state index in [0.29, 0.717) is 11.9 Å². The van der Waals surface area contributed by atoms with E-state index in [2.05, 4.69) is 20.6 Å². The fourth-order valence-electron chi connectivity index (χ4n) is 3.89. The molecule has 0 saturated carbocycles. The van der Waals surface area contributed by atoms with Crippen molar-refractivity contribution in [3.63, 3.8) is 0 Å². The van der Waals surface area contributed by atoms with E-state index in [1.807, 2.05) is 47.4 Å². The minimum absolute atomic E-state index is 0.0995. The van der Waals surface area contributed by atoms with Crippen molar-refractivity contribution in [2.24, 2.45) is 10.7 Å². The van der Waals surface area contributed by atoms with Gasteiger partial charge < -0.3 is 30.7 Å². The average Bonchev–Trinajstić information content (AvgIpc) is 3.04. The summed E-state index contributed by atoms with van der Waals surface area (Å²) in [6.45, 7) is 0.457. The molecule has 204 valence electrons. The number of amides is 1. The lowest BCUT2D eigenvalue weighted by atomic mass is 10.2. The number of methoxy groups -OCH3 is 1. The SMILES string of the molecule is COCCNc1cc(C(F)(F)F)cnc1C(=N)OC(N)=NC1CN(c2ccccc2)c2ccccc2NC1=O. The van der Waals surface area contributed by atoms with Crippen molar-refractivity contribution >= 4 is 40.6 Å². The molecule has 0 fully saturated rings. The Hall–Kier alpha value is -4.65. The van der Waals surface area contributed by atoms with E-state index >= 15 is 0 Å². The van der Waals surface area contributed by atoms with Gasteiger partial charge >= 0.3 is 6.18 Å². The quantitative estimate of drug-likeness (QED) is 0.202. The third kappa shape index (κ3) is 6.62. The molecule has 10 nitrogen and oxygen atoms in total. The molecule has 39 heavy (non-hydrogen) atoms. The van der Waals surface area contributed by atoms with Gasteiger partial charge in [0.1, 0.15) is 5.69 Å². The second-order valence-corrected chi connectivity index (χ2v) is 8.40. The Morgan fingerprint density at radius 3 is 2.67 bits per heavy atom. The smallest absolute Gasteiger partial charge is 0.405 e. The van der Waals surface area contributed by atoms with Gasteiger partial charge in [-0.15, -0.1) is 0 Å². The van der Waals surface area contributed by atoms with Gasteiger partial charge in [0.05, 0.1) is 35.8 Å². The van der Waals surface area contributed by atoms with Crippen LogP contribution >= 0.6 is 0 Å². The van der Waals surface area contributed by atoms with Crippen LogP contribution in [-0.2, 0) is 20.4 Å². The summed E-state index contributed by atoms with van der Waals surface area (Å²) in [5, 5.41) is 13.9. The highest BCUT2D eigenvalue weighted by Crippen LogP contribution is 2.35. The molecule has 0 saturated heterocycles. The molecule has 13 heteroatoms. The molecular weight excluding hydrogens is 515 g/mol. The lowest BCUT2D eigenvalue weighted by molar-refractivity contribution is -0.137. The maximum Gasteiger partial charge on any atom is 0.417 e. The summed E-state index contributed by atoms with van der Waals surface area (Å²) in [6.07, 6.45) is -4.04. The van der Waals surface area contributed by atoms with Crippen LogP contribution in [0.5, 0.6) is 0 Å². The molecule has 0 bridgehead atoms. The number of fused-ring (bicyclic) bond motifs is 1. The largest absolute Gasteiger partial charge is 0.417 e. The van der Waals surface area contributed by atoms with Gasteiger partial charge in [0.25, 0.3) is 11.9 Å². The number of carbonyl (C=O) groups is 1. The standard InChI is InChI=1S/C26H26F3N7O3/c1-38-12-11-32-19-13-16(26(27,28)29)14-33-22(19)23(30)39-25(31)35-20-15-36(17-7-3-2-4-8-17)21-10-6-5-9-18(21)34-24(20)37/h2-10,13-14,20,30,32H,11-12,15H2,1H3,(H2,31,35)(H,34,37). The number of carbonyl (C=O) groups excluding carboxylic acids is 1. The van der Waals surface area contributed by atoms with Crippen LogP contribution in [0, 0.1) is 5.41 Å². The zero-order valence-corrected chi connectivity index (χ0v) is 20.8. The number of hydrogen-bond acceptors (Lipinski definition) is 8. The second kappa shape index (κ2) is 11.8. The summed E-state index contributed by atoms with van der Waals surface area (Å²) < 4.78 is 49.9. The van der Waals surface area contributed by atoms with Crippen molar-refractivity contribution in [3.8, 4) is 0 Å². The van der Waals surface area contributed by atoms with Crippen LogP contribution in [0.2, 0.25) is 0 Å².